The van der Waals surface area contributed by atoms with Crippen LogP contribution < -0.4 is 5.73 Å². The predicted octanol–water partition coefficient (Wildman–Crippen LogP) is 4.30. The Bertz CT molecular complexity index is 666. The van der Waals surface area contributed by atoms with Crippen molar-refractivity contribution in [2.24, 2.45) is 5.73 Å². The van der Waals surface area contributed by atoms with E-state index in [1.54, 1.807) is 0 Å². The molecule has 118 valence electrons. The molecule has 1 saturated heterocycles. The van der Waals surface area contributed by atoms with Gasteiger partial charge in [0.15, 0.2) is 0 Å². The fourth-order valence-electron chi connectivity index (χ4n) is 3.99. The Hall–Kier alpha value is -0.560. The van der Waals surface area contributed by atoms with Crippen LogP contribution in [0.25, 0.3) is 9.40 Å². The number of nitrogens with zero attached hydrogens (tertiary/aromatic N) is 1. The third-order valence-electron chi connectivity index (χ3n) is 5.05. The summed E-state index contributed by atoms with van der Waals surface area (Å²) < 4.78 is 16.6. The number of hydrogen-bond donors (Lipinski definition) is 1. The quantitative estimate of drug-likeness (QED) is 0.834. The van der Waals surface area contributed by atoms with E-state index >= 15 is 0 Å². The molecule has 2 N–H and O–H groups in total. The lowest BCUT2D eigenvalue weighted by molar-refractivity contribution is 0.203. The van der Waals surface area contributed by atoms with E-state index in [0.717, 1.165) is 12.8 Å². The van der Waals surface area contributed by atoms with Gasteiger partial charge in [-0.1, -0.05) is 12.2 Å². The molecule has 1 aliphatic heterocycles. The van der Waals surface area contributed by atoms with Crippen molar-refractivity contribution >= 4 is 49.3 Å². The van der Waals surface area contributed by atoms with Gasteiger partial charge in [0.2, 0.25) is 0 Å². The number of likely N-dealkylation sites (tertiary alicyclic amines) is 1. The number of thiophene rings is 2. The fraction of sp³-hybridized carbons (Fsp3) is 0.562. The first kappa shape index (κ1) is 15.0. The maximum atomic E-state index is 13.8. The lowest BCUT2D eigenvalue weighted by Crippen LogP contribution is -2.44. The van der Waals surface area contributed by atoms with Crippen LogP contribution in [0.4, 0.5) is 4.39 Å². The van der Waals surface area contributed by atoms with Gasteiger partial charge in [0.1, 0.15) is 6.17 Å². The third kappa shape index (κ3) is 2.60. The molecule has 4 rings (SSSR count). The van der Waals surface area contributed by atoms with Crippen molar-refractivity contribution in [1.29, 1.82) is 0 Å². The van der Waals surface area contributed by atoms with Crippen LogP contribution in [0.5, 0.6) is 0 Å². The first-order valence-corrected chi connectivity index (χ1v) is 9.88. The molecule has 2 aromatic rings. The molecular weight excluding hydrogens is 335 g/mol. The summed E-state index contributed by atoms with van der Waals surface area (Å²) in [4.78, 5) is 4.19. The van der Waals surface area contributed by atoms with E-state index in [1.807, 2.05) is 22.7 Å². The van der Waals surface area contributed by atoms with Gasteiger partial charge in [-0.3, -0.25) is 4.90 Å². The second-order valence-electron chi connectivity index (χ2n) is 6.41. The second kappa shape index (κ2) is 5.82. The minimum Gasteiger partial charge on any atom is -0.392 e. The Labute approximate surface area is 143 Å². The molecule has 2 unspecified atom stereocenters. The van der Waals surface area contributed by atoms with Crippen molar-refractivity contribution in [3.05, 3.63) is 22.4 Å². The number of alkyl halides is 1. The molecule has 2 aliphatic rings. The van der Waals surface area contributed by atoms with Gasteiger partial charge in [0, 0.05) is 33.3 Å². The van der Waals surface area contributed by atoms with E-state index in [-0.39, 0.29) is 6.04 Å². The van der Waals surface area contributed by atoms with Crippen molar-refractivity contribution < 1.29 is 4.39 Å². The van der Waals surface area contributed by atoms with E-state index in [4.69, 9.17) is 18.0 Å². The van der Waals surface area contributed by atoms with E-state index in [1.165, 1.54) is 20.7 Å². The van der Waals surface area contributed by atoms with Gasteiger partial charge >= 0.3 is 0 Å². The van der Waals surface area contributed by atoms with Crippen LogP contribution in [-0.2, 0) is 0 Å². The van der Waals surface area contributed by atoms with E-state index in [9.17, 15) is 4.39 Å². The number of hydrogen-bond acceptors (Lipinski definition) is 4. The molecule has 0 bridgehead atoms. The molecule has 2 aromatic heterocycles. The summed E-state index contributed by atoms with van der Waals surface area (Å²) in [5, 5.41) is 2.15. The van der Waals surface area contributed by atoms with Crippen molar-refractivity contribution in [2.45, 2.75) is 49.9 Å². The van der Waals surface area contributed by atoms with Crippen LogP contribution >= 0.6 is 34.9 Å². The van der Waals surface area contributed by atoms with Gasteiger partial charge in [-0.2, -0.15) is 0 Å². The second-order valence-corrected chi connectivity index (χ2v) is 8.94. The molecule has 0 aromatic carbocycles. The standard InChI is InChI=1S/C16H19FN2S3/c17-10-6-12(16(18)20)19(8-10)11-2-1-9(5-11)14-7-15-13(22-14)3-4-21-15/h3-4,7,9-12H,1-2,5-6,8H2,(H2,18,20)/t9?,10-,11?,12+/m1/s1. The van der Waals surface area contributed by atoms with Gasteiger partial charge in [0.25, 0.3) is 0 Å². The van der Waals surface area contributed by atoms with Gasteiger partial charge < -0.3 is 5.73 Å². The molecule has 3 heterocycles. The maximum absolute atomic E-state index is 13.8. The Kier molecular flexibility index (Phi) is 3.97. The van der Waals surface area contributed by atoms with E-state index in [0.29, 0.717) is 29.9 Å². The molecule has 0 amide bonds. The topological polar surface area (TPSA) is 29.3 Å². The molecular formula is C16H19FN2S3. The largest absolute Gasteiger partial charge is 0.392 e. The molecule has 4 atom stereocenters. The first-order valence-electron chi connectivity index (χ1n) is 7.78. The molecule has 1 saturated carbocycles. The molecule has 6 heteroatoms. The Morgan fingerprint density at radius 1 is 1.32 bits per heavy atom. The number of rotatable bonds is 3. The monoisotopic (exact) mass is 354 g/mol. The molecule has 0 spiro atoms. The normalized spacial score (nSPS) is 33.0. The van der Waals surface area contributed by atoms with Gasteiger partial charge in [-0.25, -0.2) is 4.39 Å². The minimum atomic E-state index is -0.780. The lowest BCUT2D eigenvalue weighted by atomic mass is 10.1. The molecule has 1 aliphatic carbocycles. The highest BCUT2D eigenvalue weighted by Crippen LogP contribution is 2.44. The molecule has 2 fully saturated rings. The number of fused-ring (bicyclic) bond motifs is 1. The minimum absolute atomic E-state index is 0.0411. The zero-order valence-electron chi connectivity index (χ0n) is 12.2. The Balaban J connectivity index is 1.50. The summed E-state index contributed by atoms with van der Waals surface area (Å²) in [6.07, 6.45) is 3.13. The molecule has 2 nitrogen and oxygen atoms in total. The number of halogens is 1. The lowest BCUT2D eigenvalue weighted by Gasteiger charge is -2.29. The molecule has 0 radical (unpaired) electrons. The van der Waals surface area contributed by atoms with Crippen LogP contribution in [0.2, 0.25) is 0 Å². The average Bonchev–Trinajstić information content (AvgIpc) is 3.19. The zero-order valence-corrected chi connectivity index (χ0v) is 14.7. The third-order valence-corrected chi connectivity index (χ3v) is 7.58. The SMILES string of the molecule is NC(=S)[C@@H]1C[C@@H](F)CN1C1CCC(c2cc3sccc3s2)C1. The summed E-state index contributed by atoms with van der Waals surface area (Å²) in [5.41, 5.74) is 5.83. The number of nitrogens with two attached hydrogens (primary N) is 1. The van der Waals surface area contributed by atoms with Crippen LogP contribution in [-0.4, -0.2) is 34.7 Å². The van der Waals surface area contributed by atoms with Crippen molar-refractivity contribution in [3.63, 3.8) is 0 Å². The highest BCUT2D eigenvalue weighted by atomic mass is 32.1. The average molecular weight is 355 g/mol. The number of thiocarbonyl (C=S) groups is 1. The smallest absolute Gasteiger partial charge is 0.115 e. The van der Waals surface area contributed by atoms with E-state index < -0.39 is 6.17 Å². The molecule has 22 heavy (non-hydrogen) atoms. The summed E-state index contributed by atoms with van der Waals surface area (Å²) >= 11 is 8.88. The van der Waals surface area contributed by atoms with Gasteiger partial charge in [-0.15, -0.1) is 22.7 Å². The Morgan fingerprint density at radius 2 is 2.18 bits per heavy atom. The highest BCUT2D eigenvalue weighted by molar-refractivity contribution is 7.80. The summed E-state index contributed by atoms with van der Waals surface area (Å²) in [7, 11) is 0. The predicted molar refractivity (Wildman–Crippen MR) is 96.9 cm³/mol. The van der Waals surface area contributed by atoms with Crippen LogP contribution in [0, 0.1) is 0 Å². The fourth-order valence-corrected chi connectivity index (χ4v) is 6.49. The van der Waals surface area contributed by atoms with E-state index in [2.05, 4.69) is 22.4 Å². The Morgan fingerprint density at radius 3 is 2.95 bits per heavy atom. The summed E-state index contributed by atoms with van der Waals surface area (Å²) in [5.74, 6) is 0.611. The first-order chi connectivity index (χ1) is 10.6. The summed E-state index contributed by atoms with van der Waals surface area (Å²) in [6.45, 7) is 0.499. The zero-order chi connectivity index (χ0) is 15.3. The van der Waals surface area contributed by atoms with Gasteiger partial charge in [-0.05, 0) is 42.7 Å². The van der Waals surface area contributed by atoms with Crippen molar-refractivity contribution in [3.8, 4) is 0 Å². The maximum Gasteiger partial charge on any atom is 0.115 e. The van der Waals surface area contributed by atoms with Crippen molar-refractivity contribution in [1.82, 2.24) is 4.90 Å². The van der Waals surface area contributed by atoms with Crippen molar-refractivity contribution in [2.75, 3.05) is 6.54 Å². The van der Waals surface area contributed by atoms with Crippen LogP contribution in [0.3, 0.4) is 0 Å². The van der Waals surface area contributed by atoms with Crippen LogP contribution in [0.15, 0.2) is 17.5 Å². The highest BCUT2D eigenvalue weighted by Gasteiger charge is 2.41. The van der Waals surface area contributed by atoms with Gasteiger partial charge in [0.05, 0.1) is 11.0 Å². The summed E-state index contributed by atoms with van der Waals surface area (Å²) in [6, 6.07) is 4.94. The van der Waals surface area contributed by atoms with Crippen LogP contribution in [0.1, 0.15) is 36.5 Å².